The van der Waals surface area contributed by atoms with Gasteiger partial charge in [-0.25, -0.2) is 9.59 Å². The zero-order valence-electron chi connectivity index (χ0n) is 17.1. The Labute approximate surface area is 182 Å². The van der Waals surface area contributed by atoms with E-state index < -0.39 is 53.0 Å². The summed E-state index contributed by atoms with van der Waals surface area (Å²) in [6.45, 7) is 2.94. The van der Waals surface area contributed by atoms with Crippen molar-refractivity contribution in [2.75, 3.05) is 26.9 Å². The Balaban J connectivity index is 2.69. The highest BCUT2D eigenvalue weighted by atomic mass is 35.5. The van der Waals surface area contributed by atoms with E-state index in [4.69, 9.17) is 21.1 Å². The van der Waals surface area contributed by atoms with Gasteiger partial charge in [-0.05, 0) is 18.1 Å². The molecule has 0 heterocycles. The first kappa shape index (κ1) is 25.8. The van der Waals surface area contributed by atoms with Crippen LogP contribution in [-0.4, -0.2) is 61.6 Å². The minimum absolute atomic E-state index is 0.0833. The highest BCUT2D eigenvalue weighted by Crippen LogP contribution is 2.25. The van der Waals surface area contributed by atoms with Gasteiger partial charge < -0.3 is 20.1 Å². The Kier molecular flexibility index (Phi) is 10.4. The molecule has 0 aliphatic carbocycles. The van der Waals surface area contributed by atoms with Crippen LogP contribution in [0, 0.1) is 16.0 Å². The molecule has 0 bridgehead atoms. The number of urea groups is 1. The second-order valence-corrected chi connectivity index (χ2v) is 6.93. The minimum atomic E-state index is -1.15. The lowest BCUT2D eigenvalue weighted by Gasteiger charge is -2.20. The predicted octanol–water partition coefficient (Wildman–Crippen LogP) is 1.02. The predicted molar refractivity (Wildman–Crippen MR) is 109 cm³/mol. The topological polar surface area (TPSA) is 166 Å². The highest BCUT2D eigenvalue weighted by molar-refractivity contribution is 6.32. The largest absolute Gasteiger partial charge is 0.454 e. The van der Waals surface area contributed by atoms with Crippen molar-refractivity contribution in [2.45, 2.75) is 19.9 Å². The third-order valence-corrected chi connectivity index (χ3v) is 4.12. The first-order chi connectivity index (χ1) is 14.6. The van der Waals surface area contributed by atoms with Crippen molar-refractivity contribution in [1.29, 1.82) is 0 Å². The number of halogens is 1. The molecular weight excluding hydrogens is 436 g/mol. The van der Waals surface area contributed by atoms with Gasteiger partial charge in [0, 0.05) is 25.3 Å². The number of imide groups is 1. The van der Waals surface area contributed by atoms with Gasteiger partial charge in [-0.2, -0.15) is 0 Å². The Hall–Kier alpha value is -3.25. The molecule has 13 heteroatoms. The maximum atomic E-state index is 12.4. The minimum Gasteiger partial charge on any atom is -0.454 e. The molecule has 1 aromatic rings. The van der Waals surface area contributed by atoms with Gasteiger partial charge in [0.1, 0.15) is 11.1 Å². The van der Waals surface area contributed by atoms with Crippen LogP contribution in [0.25, 0.3) is 0 Å². The molecule has 3 N–H and O–H groups in total. The molecule has 170 valence electrons. The van der Waals surface area contributed by atoms with E-state index in [2.05, 4.69) is 10.6 Å². The Morgan fingerprint density at radius 3 is 2.48 bits per heavy atom. The smallest absolute Gasteiger partial charge is 0.329 e. The van der Waals surface area contributed by atoms with Gasteiger partial charge in [0.15, 0.2) is 6.61 Å². The third kappa shape index (κ3) is 8.56. The van der Waals surface area contributed by atoms with E-state index in [-0.39, 0.29) is 23.7 Å². The summed E-state index contributed by atoms with van der Waals surface area (Å²) < 4.78 is 9.61. The normalized spacial score (nSPS) is 11.4. The molecule has 0 fully saturated rings. The van der Waals surface area contributed by atoms with Crippen molar-refractivity contribution in [2.24, 2.45) is 5.92 Å². The second kappa shape index (κ2) is 12.4. The molecule has 0 radical (unpaired) electrons. The number of methoxy groups -OCH3 is 1. The third-order valence-electron chi connectivity index (χ3n) is 3.80. The van der Waals surface area contributed by atoms with Crippen molar-refractivity contribution in [3.8, 4) is 0 Å². The Morgan fingerprint density at radius 1 is 1.23 bits per heavy atom. The molecule has 4 amide bonds. The van der Waals surface area contributed by atoms with Crippen LogP contribution in [0.3, 0.4) is 0 Å². The second-order valence-electron chi connectivity index (χ2n) is 6.52. The number of nitro benzene ring substituents is 1. The summed E-state index contributed by atoms with van der Waals surface area (Å²) in [6, 6.07) is 1.51. The lowest BCUT2D eigenvalue weighted by Crippen LogP contribution is -2.47. The van der Waals surface area contributed by atoms with Crippen LogP contribution in [0.2, 0.25) is 5.02 Å². The monoisotopic (exact) mass is 458 g/mol. The van der Waals surface area contributed by atoms with Crippen molar-refractivity contribution in [3.05, 3.63) is 38.9 Å². The fourth-order valence-corrected chi connectivity index (χ4v) is 2.40. The summed E-state index contributed by atoms with van der Waals surface area (Å²) in [6.07, 6.45) is 0. The van der Waals surface area contributed by atoms with E-state index in [9.17, 15) is 29.3 Å². The Bertz CT molecular complexity index is 846. The van der Waals surface area contributed by atoms with Gasteiger partial charge >= 0.3 is 12.0 Å². The summed E-state index contributed by atoms with van der Waals surface area (Å²) in [5, 5.41) is 17.6. The number of amides is 4. The standard InChI is InChI=1S/C18H23ClN4O8/c1-10(2)15(17(26)31-9-14(24)21-18(27)20-6-7-30-3)22-16(25)11-4-5-12(19)13(8-11)23(28)29/h4-5,8,10,15H,6-7,9H2,1-3H3,(H,22,25)(H2,20,21,24,27). The molecule has 1 aromatic carbocycles. The maximum Gasteiger partial charge on any atom is 0.329 e. The lowest BCUT2D eigenvalue weighted by atomic mass is 10.0. The molecule has 12 nitrogen and oxygen atoms in total. The SMILES string of the molecule is COCCNC(=O)NC(=O)COC(=O)C(NC(=O)c1ccc(Cl)c([N+](=O)[O-])c1)C(C)C. The molecule has 31 heavy (non-hydrogen) atoms. The number of hydrogen-bond acceptors (Lipinski definition) is 8. The van der Waals surface area contributed by atoms with Gasteiger partial charge in [0.05, 0.1) is 11.5 Å². The number of rotatable bonds is 10. The summed E-state index contributed by atoms with van der Waals surface area (Å²) in [5.74, 6) is -2.98. The van der Waals surface area contributed by atoms with E-state index in [0.29, 0.717) is 0 Å². The number of carbonyl (C=O) groups is 4. The number of ether oxygens (including phenoxy) is 2. The van der Waals surface area contributed by atoms with E-state index >= 15 is 0 Å². The van der Waals surface area contributed by atoms with E-state index in [1.165, 1.54) is 19.2 Å². The number of nitro groups is 1. The van der Waals surface area contributed by atoms with E-state index in [1.54, 1.807) is 13.8 Å². The van der Waals surface area contributed by atoms with Crippen molar-refractivity contribution < 1.29 is 33.6 Å². The van der Waals surface area contributed by atoms with Gasteiger partial charge in [-0.3, -0.25) is 25.0 Å². The lowest BCUT2D eigenvalue weighted by molar-refractivity contribution is -0.384. The molecule has 1 rings (SSSR count). The molecule has 0 aromatic heterocycles. The average Bonchev–Trinajstić information content (AvgIpc) is 2.70. The fraction of sp³-hybridized carbons (Fsp3) is 0.444. The summed E-state index contributed by atoms with van der Waals surface area (Å²) in [4.78, 5) is 58.2. The first-order valence-corrected chi connectivity index (χ1v) is 9.42. The zero-order valence-corrected chi connectivity index (χ0v) is 17.9. The van der Waals surface area contributed by atoms with Gasteiger partial charge in [-0.15, -0.1) is 0 Å². The molecule has 0 aliphatic heterocycles. The molecule has 0 spiro atoms. The van der Waals surface area contributed by atoms with Crippen LogP contribution in [-0.2, 0) is 19.1 Å². The van der Waals surface area contributed by atoms with Crippen LogP contribution in [0.4, 0.5) is 10.5 Å². The number of hydrogen-bond donors (Lipinski definition) is 3. The number of esters is 1. The van der Waals surface area contributed by atoms with Crippen LogP contribution >= 0.6 is 11.6 Å². The Morgan fingerprint density at radius 2 is 1.90 bits per heavy atom. The van der Waals surface area contributed by atoms with Crippen molar-refractivity contribution >= 4 is 41.1 Å². The number of carbonyl (C=O) groups excluding carboxylic acids is 4. The number of benzene rings is 1. The number of nitrogens with zero attached hydrogens (tertiary/aromatic N) is 1. The highest BCUT2D eigenvalue weighted by Gasteiger charge is 2.28. The molecule has 0 saturated carbocycles. The van der Waals surface area contributed by atoms with Crippen molar-refractivity contribution in [3.63, 3.8) is 0 Å². The van der Waals surface area contributed by atoms with E-state index in [0.717, 1.165) is 6.07 Å². The summed E-state index contributed by atoms with van der Waals surface area (Å²) in [7, 11) is 1.45. The maximum absolute atomic E-state index is 12.4. The van der Waals surface area contributed by atoms with Gasteiger partial charge in [-0.1, -0.05) is 25.4 Å². The van der Waals surface area contributed by atoms with Gasteiger partial charge in [0.25, 0.3) is 17.5 Å². The molecule has 1 unspecified atom stereocenters. The quantitative estimate of drug-likeness (QED) is 0.202. The van der Waals surface area contributed by atoms with Crippen LogP contribution in [0.1, 0.15) is 24.2 Å². The summed E-state index contributed by atoms with van der Waals surface area (Å²) in [5.41, 5.74) is -0.543. The fourth-order valence-electron chi connectivity index (χ4n) is 2.22. The average molecular weight is 459 g/mol. The van der Waals surface area contributed by atoms with Crippen LogP contribution in [0.5, 0.6) is 0 Å². The molecule has 0 saturated heterocycles. The van der Waals surface area contributed by atoms with Crippen LogP contribution < -0.4 is 16.0 Å². The number of nitrogens with one attached hydrogen (secondary N) is 3. The molecule has 0 aliphatic rings. The van der Waals surface area contributed by atoms with Crippen LogP contribution in [0.15, 0.2) is 18.2 Å². The molecule has 1 atom stereocenters. The summed E-state index contributed by atoms with van der Waals surface area (Å²) >= 11 is 5.72. The molecular formula is C18H23ClN4O8. The van der Waals surface area contributed by atoms with E-state index in [1.807, 2.05) is 5.32 Å². The first-order valence-electron chi connectivity index (χ1n) is 9.04. The zero-order chi connectivity index (χ0) is 23.6. The van der Waals surface area contributed by atoms with Gasteiger partial charge in [0.2, 0.25) is 0 Å². The van der Waals surface area contributed by atoms with Crippen molar-refractivity contribution in [1.82, 2.24) is 16.0 Å².